The first-order valence-electron chi connectivity index (χ1n) is 5.35. The minimum absolute atomic E-state index is 0.0672. The summed E-state index contributed by atoms with van der Waals surface area (Å²) in [4.78, 5) is 24.4. The Hall–Kier alpha value is -1.32. The van der Waals surface area contributed by atoms with Crippen molar-refractivity contribution in [3.8, 4) is 0 Å². The van der Waals surface area contributed by atoms with Crippen LogP contribution in [-0.4, -0.2) is 35.0 Å². The third-order valence-electron chi connectivity index (χ3n) is 3.21. The molecule has 0 aromatic carbocycles. The fraction of sp³-hybridized carbons (Fsp3) is 0.636. The second-order valence-electron chi connectivity index (χ2n) is 4.25. The zero-order chi connectivity index (χ0) is 10.8. The van der Waals surface area contributed by atoms with Gasteiger partial charge in [-0.25, -0.2) is 0 Å². The molecular weight excluding hydrogens is 194 g/mol. The summed E-state index contributed by atoms with van der Waals surface area (Å²) in [5.74, 6) is -0.945. The lowest BCUT2D eigenvalue weighted by Crippen LogP contribution is -2.34. The van der Waals surface area contributed by atoms with E-state index in [1.807, 2.05) is 12.2 Å². The lowest BCUT2D eigenvalue weighted by atomic mass is 10.1. The standard InChI is InChI=1S/C11H15NO3/c13-10(8-3-1-2-4-8)12-6-5-9(7-12)11(14)15/h1-2,8-9H,3-7H2,(H,14,15)/t9-/m0/s1. The molecule has 0 aromatic rings. The molecule has 1 fully saturated rings. The average molecular weight is 209 g/mol. The molecule has 1 saturated heterocycles. The van der Waals surface area contributed by atoms with Crippen molar-refractivity contribution in [2.75, 3.05) is 13.1 Å². The number of carbonyl (C=O) groups is 2. The van der Waals surface area contributed by atoms with Crippen LogP contribution in [0.4, 0.5) is 0 Å². The molecule has 0 bridgehead atoms. The number of nitrogens with zero attached hydrogens (tertiary/aromatic N) is 1. The van der Waals surface area contributed by atoms with Gasteiger partial charge >= 0.3 is 5.97 Å². The Morgan fingerprint density at radius 3 is 2.40 bits per heavy atom. The molecule has 1 heterocycles. The number of rotatable bonds is 2. The molecule has 2 aliphatic rings. The quantitative estimate of drug-likeness (QED) is 0.687. The van der Waals surface area contributed by atoms with Crippen LogP contribution >= 0.6 is 0 Å². The number of allylic oxidation sites excluding steroid dienone is 2. The predicted octanol–water partition coefficient (Wildman–Crippen LogP) is 0.886. The van der Waals surface area contributed by atoms with Crippen LogP contribution in [0.3, 0.4) is 0 Å². The Morgan fingerprint density at radius 2 is 1.87 bits per heavy atom. The first-order valence-corrected chi connectivity index (χ1v) is 5.35. The van der Waals surface area contributed by atoms with E-state index in [9.17, 15) is 9.59 Å². The highest BCUT2D eigenvalue weighted by Crippen LogP contribution is 2.24. The van der Waals surface area contributed by atoms with Crippen LogP contribution in [0.5, 0.6) is 0 Å². The summed E-state index contributed by atoms with van der Waals surface area (Å²) in [7, 11) is 0. The largest absolute Gasteiger partial charge is 0.481 e. The molecule has 0 unspecified atom stereocenters. The molecule has 2 rings (SSSR count). The zero-order valence-corrected chi connectivity index (χ0v) is 8.56. The van der Waals surface area contributed by atoms with Crippen molar-refractivity contribution in [1.29, 1.82) is 0 Å². The fourth-order valence-electron chi connectivity index (χ4n) is 2.24. The Morgan fingerprint density at radius 1 is 1.20 bits per heavy atom. The zero-order valence-electron chi connectivity index (χ0n) is 8.56. The topological polar surface area (TPSA) is 57.6 Å². The van der Waals surface area contributed by atoms with Crippen LogP contribution in [0, 0.1) is 11.8 Å². The first kappa shape index (κ1) is 10.2. The van der Waals surface area contributed by atoms with Gasteiger partial charge in [-0.2, -0.15) is 0 Å². The first-order chi connectivity index (χ1) is 7.18. The van der Waals surface area contributed by atoms with E-state index < -0.39 is 5.97 Å². The normalized spacial score (nSPS) is 26.1. The predicted molar refractivity (Wildman–Crippen MR) is 54.2 cm³/mol. The maximum absolute atomic E-state index is 11.9. The van der Waals surface area contributed by atoms with E-state index in [4.69, 9.17) is 5.11 Å². The molecule has 1 atom stereocenters. The van der Waals surface area contributed by atoms with Crippen molar-refractivity contribution in [3.05, 3.63) is 12.2 Å². The summed E-state index contributed by atoms with van der Waals surface area (Å²) in [6.45, 7) is 0.997. The minimum Gasteiger partial charge on any atom is -0.481 e. The number of carbonyl (C=O) groups excluding carboxylic acids is 1. The summed E-state index contributed by atoms with van der Waals surface area (Å²) in [6.07, 6.45) is 6.27. The van der Waals surface area contributed by atoms with Gasteiger partial charge in [0.15, 0.2) is 0 Å². The number of likely N-dealkylation sites (tertiary alicyclic amines) is 1. The smallest absolute Gasteiger partial charge is 0.308 e. The molecule has 1 amide bonds. The number of carboxylic acids is 1. The van der Waals surface area contributed by atoms with E-state index >= 15 is 0 Å². The summed E-state index contributed by atoms with van der Waals surface area (Å²) in [5.41, 5.74) is 0. The molecule has 1 N–H and O–H groups in total. The third-order valence-corrected chi connectivity index (χ3v) is 3.21. The van der Waals surface area contributed by atoms with Crippen LogP contribution in [0.15, 0.2) is 12.2 Å². The number of hydrogen-bond acceptors (Lipinski definition) is 2. The van der Waals surface area contributed by atoms with Crippen molar-refractivity contribution in [2.24, 2.45) is 11.8 Å². The van der Waals surface area contributed by atoms with Crippen LogP contribution in [0.2, 0.25) is 0 Å². The van der Waals surface area contributed by atoms with Gasteiger partial charge in [0.05, 0.1) is 5.92 Å². The lowest BCUT2D eigenvalue weighted by molar-refractivity contribution is -0.141. The lowest BCUT2D eigenvalue weighted by Gasteiger charge is -2.19. The highest BCUT2D eigenvalue weighted by atomic mass is 16.4. The van der Waals surface area contributed by atoms with Crippen molar-refractivity contribution < 1.29 is 14.7 Å². The van der Waals surface area contributed by atoms with Crippen LogP contribution in [-0.2, 0) is 9.59 Å². The fourth-order valence-corrected chi connectivity index (χ4v) is 2.24. The Balaban J connectivity index is 1.90. The van der Waals surface area contributed by atoms with E-state index in [2.05, 4.69) is 0 Å². The average Bonchev–Trinajstić information content (AvgIpc) is 2.88. The molecule has 0 aromatic heterocycles. The van der Waals surface area contributed by atoms with Gasteiger partial charge < -0.3 is 10.0 Å². The third kappa shape index (κ3) is 2.03. The van der Waals surface area contributed by atoms with E-state index in [0.717, 1.165) is 12.8 Å². The van der Waals surface area contributed by atoms with Gasteiger partial charge in [0, 0.05) is 19.0 Å². The maximum atomic E-state index is 11.9. The summed E-state index contributed by atoms with van der Waals surface area (Å²) in [5, 5.41) is 8.83. The number of aliphatic carboxylic acids is 1. The Bertz CT molecular complexity index is 303. The van der Waals surface area contributed by atoms with Gasteiger partial charge in [-0.05, 0) is 19.3 Å². The van der Waals surface area contributed by atoms with E-state index in [1.165, 1.54) is 0 Å². The molecule has 0 saturated carbocycles. The Kier molecular flexibility index (Phi) is 2.75. The van der Waals surface area contributed by atoms with Crippen molar-refractivity contribution >= 4 is 11.9 Å². The van der Waals surface area contributed by atoms with Gasteiger partial charge in [-0.3, -0.25) is 9.59 Å². The van der Waals surface area contributed by atoms with Crippen LogP contribution in [0.1, 0.15) is 19.3 Å². The highest BCUT2D eigenvalue weighted by Gasteiger charge is 2.33. The second-order valence-corrected chi connectivity index (χ2v) is 4.25. The minimum atomic E-state index is -0.783. The summed E-state index contributed by atoms with van der Waals surface area (Å²) in [6, 6.07) is 0. The molecule has 4 heteroatoms. The van der Waals surface area contributed by atoms with Crippen molar-refractivity contribution in [1.82, 2.24) is 4.90 Å². The molecule has 1 aliphatic carbocycles. The van der Waals surface area contributed by atoms with Gasteiger partial charge in [-0.15, -0.1) is 0 Å². The van der Waals surface area contributed by atoms with Gasteiger partial charge in [0.2, 0.25) is 5.91 Å². The maximum Gasteiger partial charge on any atom is 0.308 e. The molecule has 0 radical (unpaired) electrons. The Labute approximate surface area is 88.6 Å². The van der Waals surface area contributed by atoms with Crippen molar-refractivity contribution in [3.63, 3.8) is 0 Å². The molecule has 82 valence electrons. The second kappa shape index (κ2) is 4.04. The summed E-state index contributed by atoms with van der Waals surface area (Å²) < 4.78 is 0. The molecule has 1 aliphatic heterocycles. The monoisotopic (exact) mass is 209 g/mol. The molecule has 15 heavy (non-hydrogen) atoms. The number of amides is 1. The number of hydrogen-bond donors (Lipinski definition) is 1. The van der Waals surface area contributed by atoms with Crippen molar-refractivity contribution in [2.45, 2.75) is 19.3 Å². The van der Waals surface area contributed by atoms with Crippen LogP contribution in [0.25, 0.3) is 0 Å². The van der Waals surface area contributed by atoms with Gasteiger partial charge in [-0.1, -0.05) is 12.2 Å². The SMILES string of the molecule is O=C(O)[C@H]1CCN(C(=O)C2CC=CC2)C1. The van der Waals surface area contributed by atoms with E-state index in [0.29, 0.717) is 19.5 Å². The molecular formula is C11H15NO3. The number of carboxylic acid groups (broad SMARTS) is 1. The van der Waals surface area contributed by atoms with E-state index in [-0.39, 0.29) is 17.7 Å². The van der Waals surface area contributed by atoms with Gasteiger partial charge in [0.25, 0.3) is 0 Å². The summed E-state index contributed by atoms with van der Waals surface area (Å²) >= 11 is 0. The highest BCUT2D eigenvalue weighted by molar-refractivity contribution is 5.81. The van der Waals surface area contributed by atoms with Gasteiger partial charge in [0.1, 0.15) is 0 Å². The van der Waals surface area contributed by atoms with E-state index in [1.54, 1.807) is 4.90 Å². The van der Waals surface area contributed by atoms with Crippen LogP contribution < -0.4 is 0 Å². The molecule has 4 nitrogen and oxygen atoms in total. The molecule has 0 spiro atoms.